The molecule has 7 heteroatoms. The van der Waals surface area contributed by atoms with Crippen molar-refractivity contribution in [1.82, 2.24) is 4.72 Å². The maximum Gasteiger partial charge on any atom is 0.255 e. The summed E-state index contributed by atoms with van der Waals surface area (Å²) >= 11 is 0. The summed E-state index contributed by atoms with van der Waals surface area (Å²) in [6.45, 7) is 6.12. The average Bonchev–Trinajstić information content (AvgIpc) is 2.67. The Labute approximate surface area is 161 Å². The van der Waals surface area contributed by atoms with Crippen LogP contribution in [0, 0.1) is 6.92 Å². The molecule has 0 aliphatic heterocycles. The Kier molecular flexibility index (Phi) is 6.98. The number of aryl methyl sites for hydroxylation is 2. The number of sulfonamides is 1. The number of benzene rings is 2. The molecule has 0 spiro atoms. The number of methoxy groups -OCH3 is 1. The summed E-state index contributed by atoms with van der Waals surface area (Å²) in [5.74, 6) is -0.172. The highest BCUT2D eigenvalue weighted by Crippen LogP contribution is 2.26. The van der Waals surface area contributed by atoms with Crippen LogP contribution in [0.2, 0.25) is 0 Å². The maximum absolute atomic E-state index is 12.8. The second-order valence-electron chi connectivity index (χ2n) is 6.18. The van der Waals surface area contributed by atoms with Crippen LogP contribution in [0.25, 0.3) is 0 Å². The summed E-state index contributed by atoms with van der Waals surface area (Å²) < 4.78 is 32.7. The van der Waals surface area contributed by atoms with Crippen molar-refractivity contribution in [2.24, 2.45) is 0 Å². The van der Waals surface area contributed by atoms with Crippen LogP contribution in [0.4, 0.5) is 5.69 Å². The van der Waals surface area contributed by atoms with Gasteiger partial charge in [0.2, 0.25) is 10.0 Å². The molecule has 27 heavy (non-hydrogen) atoms. The molecule has 0 radical (unpaired) electrons. The van der Waals surface area contributed by atoms with Crippen LogP contribution in [0.3, 0.4) is 0 Å². The zero-order valence-electron chi connectivity index (χ0n) is 16.1. The fourth-order valence-corrected chi connectivity index (χ4v) is 4.06. The number of amides is 1. The summed E-state index contributed by atoms with van der Waals surface area (Å²) in [5.41, 5.74) is 2.98. The summed E-state index contributed by atoms with van der Waals surface area (Å²) in [7, 11) is -2.37. The number of carbonyl (C=O) groups is 1. The van der Waals surface area contributed by atoms with Gasteiger partial charge in [-0.05, 0) is 49.1 Å². The quantitative estimate of drug-likeness (QED) is 0.722. The Morgan fingerprint density at radius 3 is 2.52 bits per heavy atom. The number of carbonyl (C=O) groups excluding carboxylic acids is 1. The molecule has 0 aromatic heterocycles. The van der Waals surface area contributed by atoms with E-state index >= 15 is 0 Å². The maximum atomic E-state index is 12.8. The van der Waals surface area contributed by atoms with E-state index in [4.69, 9.17) is 4.74 Å². The summed E-state index contributed by atoms with van der Waals surface area (Å²) in [6.07, 6.45) is 1.44. The first kappa shape index (κ1) is 20.9. The molecule has 0 aliphatic rings. The van der Waals surface area contributed by atoms with E-state index in [2.05, 4.69) is 10.0 Å². The molecule has 2 N–H and O–H groups in total. The van der Waals surface area contributed by atoms with Crippen LogP contribution in [0.15, 0.2) is 41.3 Å². The van der Waals surface area contributed by atoms with Gasteiger partial charge < -0.3 is 10.1 Å². The highest BCUT2D eigenvalue weighted by Gasteiger charge is 2.21. The van der Waals surface area contributed by atoms with Crippen LogP contribution in [0.1, 0.15) is 41.8 Å². The lowest BCUT2D eigenvalue weighted by molar-refractivity contribution is 0.102. The highest BCUT2D eigenvalue weighted by atomic mass is 32.2. The average molecular weight is 391 g/mol. The van der Waals surface area contributed by atoms with Crippen molar-refractivity contribution in [2.75, 3.05) is 19.0 Å². The molecule has 146 valence electrons. The first-order valence-electron chi connectivity index (χ1n) is 8.91. The number of nitrogens with one attached hydrogen (secondary N) is 2. The third-order valence-corrected chi connectivity index (χ3v) is 5.72. The lowest BCUT2D eigenvalue weighted by atomic mass is 10.1. The van der Waals surface area contributed by atoms with Crippen molar-refractivity contribution < 1.29 is 17.9 Å². The van der Waals surface area contributed by atoms with Crippen molar-refractivity contribution >= 4 is 21.6 Å². The van der Waals surface area contributed by atoms with Gasteiger partial charge >= 0.3 is 0 Å². The van der Waals surface area contributed by atoms with Gasteiger partial charge in [0.25, 0.3) is 5.91 Å². The van der Waals surface area contributed by atoms with E-state index in [9.17, 15) is 13.2 Å². The molecule has 0 saturated heterocycles. The Hall–Kier alpha value is -2.38. The third kappa shape index (κ3) is 4.87. The Bertz CT molecular complexity index is 924. The number of ether oxygens (including phenoxy) is 1. The summed E-state index contributed by atoms with van der Waals surface area (Å²) in [5, 5.41) is 2.91. The van der Waals surface area contributed by atoms with Crippen LogP contribution in [-0.4, -0.2) is 28.0 Å². The van der Waals surface area contributed by atoms with Gasteiger partial charge in [-0.2, -0.15) is 0 Å². The Morgan fingerprint density at radius 2 is 1.89 bits per heavy atom. The predicted octanol–water partition coefficient (Wildman–Crippen LogP) is 3.51. The van der Waals surface area contributed by atoms with E-state index in [1.165, 1.54) is 19.2 Å². The molecule has 0 fully saturated rings. The lowest BCUT2D eigenvalue weighted by Crippen LogP contribution is -2.25. The molecule has 0 atom stereocenters. The van der Waals surface area contributed by atoms with Crippen LogP contribution < -0.4 is 14.8 Å². The number of anilines is 1. The van der Waals surface area contributed by atoms with Crippen molar-refractivity contribution in [1.29, 1.82) is 0 Å². The lowest BCUT2D eigenvalue weighted by Gasteiger charge is -2.15. The van der Waals surface area contributed by atoms with Gasteiger partial charge in [0.05, 0.1) is 7.11 Å². The molecule has 2 aromatic carbocycles. The zero-order valence-corrected chi connectivity index (χ0v) is 16.9. The predicted molar refractivity (Wildman–Crippen MR) is 107 cm³/mol. The van der Waals surface area contributed by atoms with Crippen molar-refractivity contribution in [3.8, 4) is 5.75 Å². The summed E-state index contributed by atoms with van der Waals surface area (Å²) in [6, 6.07) is 10.2. The van der Waals surface area contributed by atoms with E-state index in [1.807, 2.05) is 39.0 Å². The fourth-order valence-electron chi connectivity index (χ4n) is 2.73. The molecule has 2 aromatic rings. The molecule has 2 rings (SSSR count). The normalized spacial score (nSPS) is 11.3. The smallest absolute Gasteiger partial charge is 0.255 e. The number of hydrogen-bond donors (Lipinski definition) is 2. The zero-order chi connectivity index (χ0) is 20.0. The minimum absolute atomic E-state index is 0.0494. The number of rotatable bonds is 8. The van der Waals surface area contributed by atoms with Gasteiger partial charge in [0.15, 0.2) is 0 Å². The molecule has 0 unspecified atom stereocenters. The fraction of sp³-hybridized carbons (Fsp3) is 0.350. The van der Waals surface area contributed by atoms with Crippen LogP contribution >= 0.6 is 0 Å². The van der Waals surface area contributed by atoms with Crippen molar-refractivity contribution in [2.45, 2.75) is 38.5 Å². The van der Waals surface area contributed by atoms with Gasteiger partial charge in [-0.1, -0.05) is 32.0 Å². The van der Waals surface area contributed by atoms with Crippen LogP contribution in [0.5, 0.6) is 5.75 Å². The van der Waals surface area contributed by atoms with Gasteiger partial charge in [-0.15, -0.1) is 0 Å². The minimum Gasteiger partial charge on any atom is -0.495 e. The number of para-hydroxylation sites is 1. The largest absolute Gasteiger partial charge is 0.495 e. The molecular formula is C20H26N2O4S. The van der Waals surface area contributed by atoms with Crippen molar-refractivity contribution in [3.05, 3.63) is 53.1 Å². The number of hydrogen-bond acceptors (Lipinski definition) is 4. The molecule has 1 amide bonds. The van der Waals surface area contributed by atoms with E-state index in [-0.39, 0.29) is 22.1 Å². The van der Waals surface area contributed by atoms with Gasteiger partial charge in [0.1, 0.15) is 10.6 Å². The van der Waals surface area contributed by atoms with Crippen LogP contribution in [-0.2, 0) is 16.4 Å². The first-order chi connectivity index (χ1) is 12.8. The molecule has 0 heterocycles. The third-order valence-electron chi connectivity index (χ3n) is 4.24. The van der Waals surface area contributed by atoms with Gasteiger partial charge in [-0.25, -0.2) is 13.1 Å². The molecule has 0 aliphatic carbocycles. The van der Waals surface area contributed by atoms with E-state index in [0.29, 0.717) is 13.0 Å². The van der Waals surface area contributed by atoms with E-state index in [1.54, 1.807) is 6.07 Å². The van der Waals surface area contributed by atoms with Crippen molar-refractivity contribution in [3.63, 3.8) is 0 Å². The molecule has 6 nitrogen and oxygen atoms in total. The topological polar surface area (TPSA) is 84.5 Å². The SMILES string of the molecule is CCCNS(=O)(=O)c1cc(C(=O)Nc2c(C)cccc2CC)ccc1OC. The first-order valence-corrected chi connectivity index (χ1v) is 10.4. The van der Waals surface area contributed by atoms with E-state index in [0.717, 1.165) is 23.2 Å². The second kappa shape index (κ2) is 9.01. The molecule has 0 saturated carbocycles. The Balaban J connectivity index is 2.40. The monoisotopic (exact) mass is 390 g/mol. The Morgan fingerprint density at radius 1 is 1.15 bits per heavy atom. The molecular weight excluding hydrogens is 364 g/mol. The highest BCUT2D eigenvalue weighted by molar-refractivity contribution is 7.89. The summed E-state index contributed by atoms with van der Waals surface area (Å²) in [4.78, 5) is 12.7. The van der Waals surface area contributed by atoms with Gasteiger partial charge in [-0.3, -0.25) is 4.79 Å². The van der Waals surface area contributed by atoms with Gasteiger partial charge in [0, 0.05) is 17.8 Å². The molecule has 0 bridgehead atoms. The standard InChI is InChI=1S/C20H26N2O4S/c1-5-12-21-27(24,25)18-13-16(10-11-17(18)26-4)20(23)22-19-14(3)8-7-9-15(19)6-2/h7-11,13,21H,5-6,12H2,1-4H3,(H,22,23). The minimum atomic E-state index is -3.77. The second-order valence-corrected chi connectivity index (χ2v) is 7.92. The van der Waals surface area contributed by atoms with E-state index < -0.39 is 10.0 Å².